The van der Waals surface area contributed by atoms with Crippen molar-refractivity contribution in [3.8, 4) is 0 Å². The van der Waals surface area contributed by atoms with Crippen LogP contribution in [-0.2, 0) is 4.74 Å². The molecule has 1 aromatic heterocycles. The Kier molecular flexibility index (Phi) is 9.98. The van der Waals surface area contributed by atoms with Crippen LogP contribution in [0.1, 0.15) is 51.9 Å². The monoisotopic (exact) mass is 375 g/mol. The Hall–Kier alpha value is -1.82. The second kappa shape index (κ2) is 12.5. The van der Waals surface area contributed by atoms with Gasteiger partial charge in [0, 0.05) is 46.1 Å². The van der Waals surface area contributed by atoms with Crippen LogP contribution in [0.2, 0.25) is 0 Å². The number of hydrogen-bond donors (Lipinski definition) is 3. The molecule has 0 aliphatic heterocycles. The molecule has 1 aliphatic carbocycles. The highest BCUT2D eigenvalue weighted by Gasteiger charge is 2.33. The molecular weight excluding hydrogens is 338 g/mol. The van der Waals surface area contributed by atoms with Gasteiger partial charge in [-0.2, -0.15) is 0 Å². The molecule has 0 radical (unpaired) electrons. The molecule has 27 heavy (non-hydrogen) atoms. The van der Waals surface area contributed by atoms with Gasteiger partial charge in [-0.3, -0.25) is 4.99 Å². The number of methoxy groups -OCH3 is 1. The minimum atomic E-state index is 0.338. The number of pyridine rings is 1. The average Bonchev–Trinajstić information content (AvgIpc) is 3.17. The Bertz CT molecular complexity index is 529. The SMILES string of the molecule is CCNC(=NCC1(CCOC)CCCC1)NCCCCNc1ccccn1. The first-order valence-electron chi connectivity index (χ1n) is 10.4. The molecule has 1 aliphatic rings. The fourth-order valence-electron chi connectivity index (χ4n) is 3.66. The number of hydrogen-bond acceptors (Lipinski definition) is 4. The van der Waals surface area contributed by atoms with Crippen LogP contribution in [-0.4, -0.2) is 50.8 Å². The van der Waals surface area contributed by atoms with Crippen LogP contribution in [0.25, 0.3) is 0 Å². The van der Waals surface area contributed by atoms with E-state index < -0.39 is 0 Å². The predicted molar refractivity (Wildman–Crippen MR) is 113 cm³/mol. The number of nitrogens with zero attached hydrogens (tertiary/aromatic N) is 2. The standard InChI is InChI=1S/C21H37N5O/c1-3-22-20(26-18-21(13-17-27-2)11-5-6-12-21)25-16-9-8-15-24-19-10-4-7-14-23-19/h4,7,10,14H,3,5-6,8-9,11-13,15-18H2,1-2H3,(H,23,24)(H2,22,25,26). The van der Waals surface area contributed by atoms with Crippen LogP contribution < -0.4 is 16.0 Å². The number of ether oxygens (including phenoxy) is 1. The third-order valence-corrected chi connectivity index (χ3v) is 5.28. The van der Waals surface area contributed by atoms with Crippen LogP contribution in [0.15, 0.2) is 29.4 Å². The molecule has 0 atom stereocenters. The molecule has 0 unspecified atom stereocenters. The lowest BCUT2D eigenvalue weighted by atomic mass is 9.83. The highest BCUT2D eigenvalue weighted by atomic mass is 16.5. The number of guanidine groups is 1. The van der Waals surface area contributed by atoms with Crippen molar-refractivity contribution >= 4 is 11.8 Å². The fraction of sp³-hybridized carbons (Fsp3) is 0.714. The molecule has 1 saturated carbocycles. The van der Waals surface area contributed by atoms with E-state index >= 15 is 0 Å². The fourth-order valence-corrected chi connectivity index (χ4v) is 3.66. The first-order chi connectivity index (χ1) is 13.3. The van der Waals surface area contributed by atoms with Crippen molar-refractivity contribution < 1.29 is 4.74 Å². The van der Waals surface area contributed by atoms with Gasteiger partial charge in [0.1, 0.15) is 5.82 Å². The van der Waals surface area contributed by atoms with E-state index in [0.717, 1.165) is 63.8 Å². The summed E-state index contributed by atoms with van der Waals surface area (Å²) < 4.78 is 5.33. The molecule has 0 saturated heterocycles. The number of aliphatic imine (C=N–C) groups is 1. The summed E-state index contributed by atoms with van der Waals surface area (Å²) in [6.07, 6.45) is 10.3. The van der Waals surface area contributed by atoms with Gasteiger partial charge in [0.2, 0.25) is 0 Å². The largest absolute Gasteiger partial charge is 0.385 e. The van der Waals surface area contributed by atoms with E-state index in [1.165, 1.54) is 25.7 Å². The maximum absolute atomic E-state index is 5.33. The van der Waals surface area contributed by atoms with E-state index in [2.05, 4.69) is 27.9 Å². The third kappa shape index (κ3) is 8.16. The van der Waals surface area contributed by atoms with Crippen molar-refractivity contribution in [3.05, 3.63) is 24.4 Å². The highest BCUT2D eigenvalue weighted by molar-refractivity contribution is 5.79. The maximum atomic E-state index is 5.33. The Balaban J connectivity index is 1.69. The van der Waals surface area contributed by atoms with Crippen LogP contribution in [0.4, 0.5) is 5.82 Å². The van der Waals surface area contributed by atoms with E-state index in [4.69, 9.17) is 9.73 Å². The summed E-state index contributed by atoms with van der Waals surface area (Å²) in [5.41, 5.74) is 0.338. The zero-order chi connectivity index (χ0) is 19.2. The van der Waals surface area contributed by atoms with Crippen molar-refractivity contribution in [2.24, 2.45) is 10.4 Å². The molecule has 1 aromatic rings. The summed E-state index contributed by atoms with van der Waals surface area (Å²) in [5, 5.41) is 10.2. The first-order valence-corrected chi connectivity index (χ1v) is 10.4. The Morgan fingerprint density at radius 3 is 2.70 bits per heavy atom. The molecule has 3 N–H and O–H groups in total. The van der Waals surface area contributed by atoms with E-state index in [1.807, 2.05) is 24.4 Å². The van der Waals surface area contributed by atoms with Gasteiger partial charge in [-0.15, -0.1) is 0 Å². The van der Waals surface area contributed by atoms with E-state index in [1.54, 1.807) is 7.11 Å². The van der Waals surface area contributed by atoms with Gasteiger partial charge < -0.3 is 20.7 Å². The Labute approximate surface area is 164 Å². The van der Waals surface area contributed by atoms with Gasteiger partial charge in [-0.1, -0.05) is 18.9 Å². The number of rotatable bonds is 12. The molecule has 1 fully saturated rings. The lowest BCUT2D eigenvalue weighted by Gasteiger charge is -2.27. The van der Waals surface area contributed by atoms with Gasteiger partial charge in [0.15, 0.2) is 5.96 Å². The summed E-state index contributed by atoms with van der Waals surface area (Å²) in [6.45, 7) is 6.60. The molecule has 0 amide bonds. The van der Waals surface area contributed by atoms with E-state index in [-0.39, 0.29) is 0 Å². The lowest BCUT2D eigenvalue weighted by Crippen LogP contribution is -2.39. The van der Waals surface area contributed by atoms with Gasteiger partial charge in [-0.05, 0) is 56.6 Å². The van der Waals surface area contributed by atoms with Crippen LogP contribution in [0, 0.1) is 5.41 Å². The number of nitrogens with one attached hydrogen (secondary N) is 3. The molecule has 2 rings (SSSR count). The molecule has 0 bridgehead atoms. The molecule has 6 nitrogen and oxygen atoms in total. The maximum Gasteiger partial charge on any atom is 0.191 e. The summed E-state index contributed by atoms with van der Waals surface area (Å²) in [7, 11) is 1.79. The molecule has 6 heteroatoms. The van der Waals surface area contributed by atoms with Gasteiger partial charge in [0.25, 0.3) is 0 Å². The zero-order valence-electron chi connectivity index (χ0n) is 17.1. The van der Waals surface area contributed by atoms with Crippen molar-refractivity contribution in [1.82, 2.24) is 15.6 Å². The van der Waals surface area contributed by atoms with Crippen molar-refractivity contribution in [2.75, 3.05) is 45.2 Å². The zero-order valence-corrected chi connectivity index (χ0v) is 17.1. The number of unbranched alkanes of at least 4 members (excludes halogenated alkanes) is 1. The van der Waals surface area contributed by atoms with E-state index in [9.17, 15) is 0 Å². The normalized spacial score (nSPS) is 16.3. The second-order valence-corrected chi connectivity index (χ2v) is 7.42. The molecular formula is C21H37N5O. The minimum Gasteiger partial charge on any atom is -0.385 e. The molecule has 0 aromatic carbocycles. The second-order valence-electron chi connectivity index (χ2n) is 7.42. The van der Waals surface area contributed by atoms with Crippen LogP contribution in [0.5, 0.6) is 0 Å². The quantitative estimate of drug-likeness (QED) is 0.297. The smallest absolute Gasteiger partial charge is 0.191 e. The lowest BCUT2D eigenvalue weighted by molar-refractivity contribution is 0.141. The predicted octanol–water partition coefficient (Wildman–Crippen LogP) is 3.43. The highest BCUT2D eigenvalue weighted by Crippen LogP contribution is 2.41. The van der Waals surface area contributed by atoms with Crippen molar-refractivity contribution in [1.29, 1.82) is 0 Å². The minimum absolute atomic E-state index is 0.338. The summed E-state index contributed by atoms with van der Waals surface area (Å²) in [6, 6.07) is 5.93. The summed E-state index contributed by atoms with van der Waals surface area (Å²) in [5.74, 6) is 1.89. The van der Waals surface area contributed by atoms with Crippen molar-refractivity contribution in [3.63, 3.8) is 0 Å². The Morgan fingerprint density at radius 2 is 2.00 bits per heavy atom. The Morgan fingerprint density at radius 1 is 1.19 bits per heavy atom. The van der Waals surface area contributed by atoms with Gasteiger partial charge in [-0.25, -0.2) is 4.98 Å². The molecule has 1 heterocycles. The van der Waals surface area contributed by atoms with E-state index in [0.29, 0.717) is 5.41 Å². The first kappa shape index (κ1) is 21.5. The topological polar surface area (TPSA) is 70.6 Å². The van der Waals surface area contributed by atoms with Crippen molar-refractivity contribution in [2.45, 2.75) is 51.9 Å². The summed E-state index contributed by atoms with van der Waals surface area (Å²) >= 11 is 0. The average molecular weight is 376 g/mol. The third-order valence-electron chi connectivity index (χ3n) is 5.28. The summed E-state index contributed by atoms with van der Waals surface area (Å²) in [4.78, 5) is 9.17. The number of anilines is 1. The molecule has 152 valence electrons. The van der Waals surface area contributed by atoms with Crippen LogP contribution in [0.3, 0.4) is 0 Å². The van der Waals surface area contributed by atoms with Crippen LogP contribution >= 0.6 is 0 Å². The van der Waals surface area contributed by atoms with Gasteiger partial charge >= 0.3 is 0 Å². The number of aromatic nitrogens is 1. The van der Waals surface area contributed by atoms with Gasteiger partial charge in [0.05, 0.1) is 0 Å². The molecule has 0 spiro atoms.